The van der Waals surface area contributed by atoms with Crippen molar-refractivity contribution in [1.29, 1.82) is 0 Å². The van der Waals surface area contributed by atoms with Crippen molar-refractivity contribution in [3.63, 3.8) is 0 Å². The van der Waals surface area contributed by atoms with E-state index in [2.05, 4.69) is 13.8 Å². The maximum absolute atomic E-state index is 11.9. The first kappa shape index (κ1) is 16.5. The number of piperazine rings is 1. The van der Waals surface area contributed by atoms with Crippen LogP contribution in [0.25, 0.3) is 0 Å². The molecule has 1 heterocycles. The largest absolute Gasteiger partial charge is 0.308 e. The van der Waals surface area contributed by atoms with Gasteiger partial charge in [-0.05, 0) is 12.8 Å². The number of allylic oxidation sites excluding steroid dienone is 2. The van der Waals surface area contributed by atoms with Gasteiger partial charge in [0, 0.05) is 12.4 Å². The van der Waals surface area contributed by atoms with E-state index in [-0.39, 0.29) is 24.9 Å². The van der Waals surface area contributed by atoms with Crippen LogP contribution >= 0.6 is 0 Å². The number of rotatable bonds is 8. The van der Waals surface area contributed by atoms with E-state index >= 15 is 0 Å². The van der Waals surface area contributed by atoms with Gasteiger partial charge in [-0.1, -0.05) is 51.7 Å². The number of hydrogen-bond donors (Lipinski definition) is 0. The highest BCUT2D eigenvalue weighted by Crippen LogP contribution is 2.08. The summed E-state index contributed by atoms with van der Waals surface area (Å²) in [6.45, 7) is 4.57. The molecule has 1 saturated heterocycles. The number of nitrogens with zero attached hydrogens (tertiary/aromatic N) is 2. The van der Waals surface area contributed by atoms with Crippen LogP contribution in [-0.2, 0) is 9.59 Å². The quantitative estimate of drug-likeness (QED) is 0.640. The Kier molecular flexibility index (Phi) is 7.70. The molecule has 0 saturated carbocycles. The maximum atomic E-state index is 11.9. The number of unbranched alkanes of at least 4 members (excludes halogenated alkanes) is 4. The second kappa shape index (κ2) is 9.34. The summed E-state index contributed by atoms with van der Waals surface area (Å²) in [5.41, 5.74) is 0. The zero-order valence-corrected chi connectivity index (χ0v) is 12.7. The predicted octanol–water partition coefficient (Wildman–Crippen LogP) is 3.07. The van der Waals surface area contributed by atoms with Gasteiger partial charge in [0.25, 0.3) is 0 Å². The summed E-state index contributed by atoms with van der Waals surface area (Å²) in [4.78, 5) is 26.9. The Labute approximate surface area is 122 Å². The zero-order chi connectivity index (χ0) is 14.8. The molecule has 0 aromatic carbocycles. The molecule has 0 atom stereocenters. The first-order valence-electron chi connectivity index (χ1n) is 7.61. The molecule has 0 unspecified atom stereocenters. The molecule has 4 nitrogen and oxygen atoms in total. The molecule has 0 N–H and O–H groups in total. The summed E-state index contributed by atoms with van der Waals surface area (Å²) >= 11 is 0. The van der Waals surface area contributed by atoms with Gasteiger partial charge in [-0.2, -0.15) is 0 Å². The average molecular weight is 278 g/mol. The Morgan fingerprint density at radius 3 is 1.60 bits per heavy atom. The Bertz CT molecular complexity index is 339. The Morgan fingerprint density at radius 1 is 0.850 bits per heavy atom. The van der Waals surface area contributed by atoms with E-state index in [1.165, 1.54) is 9.80 Å². The first-order valence-corrected chi connectivity index (χ1v) is 7.61. The number of amides is 2. The standard InChI is InChI=1S/C16H26N2O2/c1-3-5-7-9-11-17-13-16(20)18(14-15(17)19)12-10-8-6-4-2/h9-12H,3-8,13-14H2,1-2H3/b11-9-,12-10-. The van der Waals surface area contributed by atoms with Crippen molar-refractivity contribution in [3.05, 3.63) is 24.6 Å². The molecule has 0 bridgehead atoms. The van der Waals surface area contributed by atoms with Crippen molar-refractivity contribution >= 4 is 11.8 Å². The van der Waals surface area contributed by atoms with Gasteiger partial charge in [-0.3, -0.25) is 9.59 Å². The smallest absolute Gasteiger partial charge is 0.247 e. The van der Waals surface area contributed by atoms with Crippen molar-refractivity contribution in [2.45, 2.75) is 52.4 Å². The minimum absolute atomic E-state index is 0.0162. The Morgan fingerprint density at radius 2 is 1.25 bits per heavy atom. The third kappa shape index (κ3) is 5.59. The molecule has 0 radical (unpaired) electrons. The van der Waals surface area contributed by atoms with Crippen molar-refractivity contribution in [2.75, 3.05) is 13.1 Å². The summed E-state index contributed by atoms with van der Waals surface area (Å²) < 4.78 is 0. The lowest BCUT2D eigenvalue weighted by molar-refractivity contribution is -0.145. The molecule has 1 rings (SSSR count). The molecule has 0 aromatic rings. The molecule has 0 spiro atoms. The van der Waals surface area contributed by atoms with Crippen LogP contribution in [0.4, 0.5) is 0 Å². The van der Waals surface area contributed by atoms with Gasteiger partial charge >= 0.3 is 0 Å². The number of carbonyl (C=O) groups excluding carboxylic acids is 2. The van der Waals surface area contributed by atoms with E-state index in [0.717, 1.165) is 38.5 Å². The van der Waals surface area contributed by atoms with Crippen LogP contribution in [0.2, 0.25) is 0 Å². The summed E-state index contributed by atoms with van der Waals surface area (Å²) in [6.07, 6.45) is 13.9. The second-order valence-corrected chi connectivity index (χ2v) is 5.10. The molecule has 112 valence electrons. The molecular weight excluding hydrogens is 252 g/mol. The topological polar surface area (TPSA) is 40.6 Å². The third-order valence-corrected chi connectivity index (χ3v) is 3.27. The van der Waals surface area contributed by atoms with Gasteiger partial charge in [0.2, 0.25) is 11.8 Å². The van der Waals surface area contributed by atoms with Gasteiger partial charge in [0.1, 0.15) is 13.1 Å². The van der Waals surface area contributed by atoms with Crippen LogP contribution < -0.4 is 0 Å². The van der Waals surface area contributed by atoms with Crippen LogP contribution in [0.15, 0.2) is 24.6 Å². The number of carbonyl (C=O) groups is 2. The van der Waals surface area contributed by atoms with Gasteiger partial charge in [0.05, 0.1) is 0 Å². The summed E-state index contributed by atoms with van der Waals surface area (Å²) in [5.74, 6) is -0.0324. The highest BCUT2D eigenvalue weighted by atomic mass is 16.2. The summed E-state index contributed by atoms with van der Waals surface area (Å²) in [7, 11) is 0. The molecule has 4 heteroatoms. The van der Waals surface area contributed by atoms with E-state index in [1.54, 1.807) is 12.4 Å². The molecule has 1 aliphatic rings. The van der Waals surface area contributed by atoms with Gasteiger partial charge in [-0.15, -0.1) is 0 Å². The molecule has 20 heavy (non-hydrogen) atoms. The molecule has 1 aliphatic heterocycles. The van der Waals surface area contributed by atoms with Crippen LogP contribution in [0.5, 0.6) is 0 Å². The Balaban J connectivity index is 2.45. The van der Waals surface area contributed by atoms with Crippen molar-refractivity contribution < 1.29 is 9.59 Å². The van der Waals surface area contributed by atoms with Crippen LogP contribution in [-0.4, -0.2) is 34.7 Å². The fourth-order valence-corrected chi connectivity index (χ4v) is 1.97. The fraction of sp³-hybridized carbons (Fsp3) is 0.625. The monoisotopic (exact) mass is 278 g/mol. The molecular formula is C16H26N2O2. The van der Waals surface area contributed by atoms with E-state index in [0.29, 0.717) is 0 Å². The predicted molar refractivity (Wildman–Crippen MR) is 80.8 cm³/mol. The summed E-state index contributed by atoms with van der Waals surface area (Å²) in [5, 5.41) is 0. The van der Waals surface area contributed by atoms with Crippen LogP contribution in [0, 0.1) is 0 Å². The van der Waals surface area contributed by atoms with Crippen molar-refractivity contribution in [1.82, 2.24) is 9.80 Å². The number of hydrogen-bond acceptors (Lipinski definition) is 2. The average Bonchev–Trinajstić information content (AvgIpc) is 2.44. The SMILES string of the molecule is CCCC/C=C\N1CC(=O)N(/C=C\CCCC)CC1=O. The lowest BCUT2D eigenvalue weighted by atomic mass is 10.2. The molecule has 1 fully saturated rings. The minimum Gasteiger partial charge on any atom is -0.308 e. The zero-order valence-electron chi connectivity index (χ0n) is 12.7. The van der Waals surface area contributed by atoms with E-state index in [4.69, 9.17) is 0 Å². The van der Waals surface area contributed by atoms with Gasteiger partial charge in [-0.25, -0.2) is 0 Å². The lowest BCUT2D eigenvalue weighted by Gasteiger charge is -2.29. The van der Waals surface area contributed by atoms with Gasteiger partial charge < -0.3 is 9.80 Å². The highest BCUT2D eigenvalue weighted by Gasteiger charge is 2.26. The molecule has 0 aromatic heterocycles. The summed E-state index contributed by atoms with van der Waals surface area (Å²) in [6, 6.07) is 0. The molecule has 0 aliphatic carbocycles. The maximum Gasteiger partial charge on any atom is 0.247 e. The van der Waals surface area contributed by atoms with E-state index in [9.17, 15) is 9.59 Å². The van der Waals surface area contributed by atoms with Crippen molar-refractivity contribution in [2.24, 2.45) is 0 Å². The van der Waals surface area contributed by atoms with Gasteiger partial charge in [0.15, 0.2) is 0 Å². The third-order valence-electron chi connectivity index (χ3n) is 3.27. The normalized spacial score (nSPS) is 16.9. The van der Waals surface area contributed by atoms with E-state index < -0.39 is 0 Å². The van der Waals surface area contributed by atoms with Crippen LogP contribution in [0.1, 0.15) is 52.4 Å². The first-order chi connectivity index (χ1) is 9.69. The highest BCUT2D eigenvalue weighted by molar-refractivity contribution is 5.93. The fourth-order valence-electron chi connectivity index (χ4n) is 1.97. The second-order valence-electron chi connectivity index (χ2n) is 5.10. The van der Waals surface area contributed by atoms with Crippen LogP contribution in [0.3, 0.4) is 0 Å². The lowest BCUT2D eigenvalue weighted by Crippen LogP contribution is -2.49. The Hall–Kier alpha value is -1.58. The van der Waals surface area contributed by atoms with E-state index in [1.807, 2.05) is 12.2 Å². The minimum atomic E-state index is -0.0162. The molecule has 2 amide bonds. The van der Waals surface area contributed by atoms with Crippen molar-refractivity contribution in [3.8, 4) is 0 Å².